The number of nitrogens with one attached hydrogen (secondary N) is 1. The molecule has 1 spiro atoms. The Morgan fingerprint density at radius 3 is 2.59 bits per heavy atom. The van der Waals surface area contributed by atoms with Gasteiger partial charge in [0.05, 0.1) is 25.1 Å². The van der Waals surface area contributed by atoms with Gasteiger partial charge in [0, 0.05) is 51.2 Å². The van der Waals surface area contributed by atoms with E-state index in [0.29, 0.717) is 11.6 Å². The average Bonchev–Trinajstić information content (AvgIpc) is 2.71. The Morgan fingerprint density at radius 2 is 2.00 bits per heavy atom. The number of aromatic nitrogens is 1. The van der Waals surface area contributed by atoms with E-state index in [9.17, 15) is 0 Å². The summed E-state index contributed by atoms with van der Waals surface area (Å²) >= 11 is 0. The second kappa shape index (κ2) is 8.53. The Bertz CT molecular complexity index is 640. The molecule has 0 unspecified atom stereocenters. The lowest BCUT2D eigenvalue weighted by molar-refractivity contribution is -0.239. The fraction of sp³-hybridized carbons (Fsp3) is 0.700. The van der Waals surface area contributed by atoms with Crippen LogP contribution in [0.25, 0.3) is 0 Å². The van der Waals surface area contributed by atoms with Crippen molar-refractivity contribution in [2.75, 3.05) is 57.5 Å². The van der Waals surface area contributed by atoms with Gasteiger partial charge in [-0.15, -0.1) is 0 Å². The van der Waals surface area contributed by atoms with E-state index in [1.807, 2.05) is 6.07 Å². The van der Waals surface area contributed by atoms with Crippen molar-refractivity contribution in [2.45, 2.75) is 25.6 Å². The standard InChI is InChI=1S/C20H28N4O3/c21-9-17-1-2-18(10-23-17)24(11-16-4-7-25-8-5-16)6-3-19-26-14-20(15-27-19)12-22-13-20/h1-2,10,16,19,22H,3-8,11-15H2. The third kappa shape index (κ3) is 4.58. The van der Waals surface area contributed by atoms with E-state index in [2.05, 4.69) is 21.3 Å². The smallest absolute Gasteiger partial charge is 0.159 e. The normalized spacial score (nSPS) is 22.9. The molecule has 3 aliphatic rings. The quantitative estimate of drug-likeness (QED) is 0.811. The summed E-state index contributed by atoms with van der Waals surface area (Å²) in [6, 6.07) is 5.86. The summed E-state index contributed by atoms with van der Waals surface area (Å²) in [5, 5.41) is 12.3. The van der Waals surface area contributed by atoms with Crippen LogP contribution in [-0.4, -0.2) is 63.9 Å². The minimum atomic E-state index is -0.139. The zero-order valence-corrected chi connectivity index (χ0v) is 15.7. The molecule has 27 heavy (non-hydrogen) atoms. The maximum Gasteiger partial charge on any atom is 0.159 e. The molecule has 4 rings (SSSR count). The monoisotopic (exact) mass is 372 g/mol. The van der Waals surface area contributed by atoms with Gasteiger partial charge in [-0.25, -0.2) is 4.98 Å². The molecule has 146 valence electrons. The van der Waals surface area contributed by atoms with Crippen molar-refractivity contribution in [1.82, 2.24) is 10.3 Å². The molecule has 0 aliphatic carbocycles. The first-order chi connectivity index (χ1) is 13.3. The predicted molar refractivity (Wildman–Crippen MR) is 100 cm³/mol. The lowest BCUT2D eigenvalue weighted by Gasteiger charge is -2.46. The average molecular weight is 372 g/mol. The van der Waals surface area contributed by atoms with E-state index in [0.717, 1.165) is 77.6 Å². The topological polar surface area (TPSA) is 79.6 Å². The zero-order valence-electron chi connectivity index (χ0n) is 15.7. The van der Waals surface area contributed by atoms with Crippen LogP contribution >= 0.6 is 0 Å². The van der Waals surface area contributed by atoms with Crippen LogP contribution in [0.15, 0.2) is 18.3 Å². The second-order valence-electron chi connectivity index (χ2n) is 7.96. The van der Waals surface area contributed by atoms with E-state index in [4.69, 9.17) is 19.5 Å². The summed E-state index contributed by atoms with van der Waals surface area (Å²) in [4.78, 5) is 6.60. The molecule has 1 aromatic rings. The van der Waals surface area contributed by atoms with Crippen molar-refractivity contribution in [2.24, 2.45) is 11.3 Å². The molecule has 3 aliphatic heterocycles. The lowest BCUT2D eigenvalue weighted by atomic mass is 9.83. The second-order valence-corrected chi connectivity index (χ2v) is 7.96. The van der Waals surface area contributed by atoms with Gasteiger partial charge in [0.15, 0.2) is 6.29 Å². The van der Waals surface area contributed by atoms with Gasteiger partial charge in [-0.3, -0.25) is 0 Å². The number of hydrogen-bond acceptors (Lipinski definition) is 7. The number of pyridine rings is 1. The molecule has 0 bridgehead atoms. The van der Waals surface area contributed by atoms with Gasteiger partial charge in [-0.1, -0.05) is 0 Å². The number of nitrogens with zero attached hydrogens (tertiary/aromatic N) is 3. The number of anilines is 1. The van der Waals surface area contributed by atoms with Crippen molar-refractivity contribution in [3.05, 3.63) is 24.0 Å². The van der Waals surface area contributed by atoms with Crippen LogP contribution in [0.1, 0.15) is 25.0 Å². The Labute approximate surface area is 160 Å². The lowest BCUT2D eigenvalue weighted by Crippen LogP contribution is -2.61. The first-order valence-electron chi connectivity index (χ1n) is 9.89. The van der Waals surface area contributed by atoms with Gasteiger partial charge in [0.1, 0.15) is 11.8 Å². The van der Waals surface area contributed by atoms with Crippen LogP contribution in [0.5, 0.6) is 0 Å². The Hall–Kier alpha value is -1.72. The zero-order chi connectivity index (χ0) is 18.5. The third-order valence-corrected chi connectivity index (χ3v) is 5.83. The van der Waals surface area contributed by atoms with Crippen LogP contribution < -0.4 is 10.2 Å². The first-order valence-corrected chi connectivity index (χ1v) is 9.89. The van der Waals surface area contributed by atoms with Gasteiger partial charge in [-0.2, -0.15) is 5.26 Å². The minimum absolute atomic E-state index is 0.139. The van der Waals surface area contributed by atoms with Gasteiger partial charge in [0.25, 0.3) is 0 Å². The molecular formula is C20H28N4O3. The van der Waals surface area contributed by atoms with Crippen LogP contribution in [0.2, 0.25) is 0 Å². The van der Waals surface area contributed by atoms with Gasteiger partial charge < -0.3 is 24.4 Å². The number of nitriles is 1. The van der Waals surface area contributed by atoms with Crippen LogP contribution in [0.3, 0.4) is 0 Å². The van der Waals surface area contributed by atoms with E-state index in [1.54, 1.807) is 12.3 Å². The number of hydrogen-bond donors (Lipinski definition) is 1. The summed E-state index contributed by atoms with van der Waals surface area (Å²) < 4.78 is 17.5. The summed E-state index contributed by atoms with van der Waals surface area (Å²) in [7, 11) is 0. The first kappa shape index (κ1) is 18.6. The Morgan fingerprint density at radius 1 is 1.22 bits per heavy atom. The Kier molecular flexibility index (Phi) is 5.89. The molecule has 0 atom stereocenters. The van der Waals surface area contributed by atoms with E-state index < -0.39 is 0 Å². The maximum atomic E-state index is 8.99. The van der Waals surface area contributed by atoms with Crippen molar-refractivity contribution < 1.29 is 14.2 Å². The van der Waals surface area contributed by atoms with Crippen LogP contribution in [0, 0.1) is 22.7 Å². The van der Waals surface area contributed by atoms with Crippen molar-refractivity contribution in [3.8, 4) is 6.07 Å². The van der Waals surface area contributed by atoms with Crippen LogP contribution in [-0.2, 0) is 14.2 Å². The molecule has 7 nitrogen and oxygen atoms in total. The van der Waals surface area contributed by atoms with E-state index in [-0.39, 0.29) is 11.7 Å². The SMILES string of the molecule is N#Cc1ccc(N(CCC2OCC3(CNC3)CO2)CC2CCOCC2)cn1. The summed E-state index contributed by atoms with van der Waals surface area (Å²) in [5.41, 5.74) is 1.70. The highest BCUT2D eigenvalue weighted by atomic mass is 16.7. The maximum absolute atomic E-state index is 8.99. The molecule has 0 saturated carbocycles. The molecule has 7 heteroatoms. The fourth-order valence-electron chi connectivity index (χ4n) is 3.95. The fourth-order valence-corrected chi connectivity index (χ4v) is 3.95. The molecular weight excluding hydrogens is 344 g/mol. The van der Waals surface area contributed by atoms with Gasteiger partial charge in [0.2, 0.25) is 0 Å². The van der Waals surface area contributed by atoms with Crippen molar-refractivity contribution >= 4 is 5.69 Å². The third-order valence-electron chi connectivity index (χ3n) is 5.83. The van der Waals surface area contributed by atoms with Crippen molar-refractivity contribution in [3.63, 3.8) is 0 Å². The molecule has 3 saturated heterocycles. The highest BCUT2D eigenvalue weighted by Crippen LogP contribution is 2.30. The number of ether oxygens (including phenoxy) is 3. The summed E-state index contributed by atoms with van der Waals surface area (Å²) in [5.74, 6) is 0.618. The molecule has 0 radical (unpaired) electrons. The Balaban J connectivity index is 1.35. The highest BCUT2D eigenvalue weighted by molar-refractivity contribution is 5.46. The molecule has 0 aromatic carbocycles. The van der Waals surface area contributed by atoms with Gasteiger partial charge >= 0.3 is 0 Å². The molecule has 0 amide bonds. The number of rotatable bonds is 6. The summed E-state index contributed by atoms with van der Waals surface area (Å²) in [6.07, 6.45) is 4.67. The highest BCUT2D eigenvalue weighted by Gasteiger charge is 2.42. The molecule has 1 aromatic heterocycles. The largest absolute Gasteiger partial charge is 0.381 e. The van der Waals surface area contributed by atoms with Gasteiger partial charge in [-0.05, 0) is 30.9 Å². The van der Waals surface area contributed by atoms with E-state index >= 15 is 0 Å². The van der Waals surface area contributed by atoms with Crippen LogP contribution in [0.4, 0.5) is 5.69 Å². The van der Waals surface area contributed by atoms with Crippen molar-refractivity contribution in [1.29, 1.82) is 5.26 Å². The summed E-state index contributed by atoms with van der Waals surface area (Å²) in [6.45, 7) is 7.05. The van der Waals surface area contributed by atoms with E-state index in [1.165, 1.54) is 0 Å². The molecule has 4 heterocycles. The molecule has 1 N–H and O–H groups in total. The predicted octanol–water partition coefficient (Wildman–Crippen LogP) is 1.54. The minimum Gasteiger partial charge on any atom is -0.381 e. The molecule has 3 fully saturated rings.